The summed E-state index contributed by atoms with van der Waals surface area (Å²) in [5.41, 5.74) is 3.20. The summed E-state index contributed by atoms with van der Waals surface area (Å²) in [6.07, 6.45) is 0. The molecule has 0 bridgehead atoms. The minimum absolute atomic E-state index is 0.0550. The van der Waals surface area contributed by atoms with E-state index in [1.807, 2.05) is 53.4 Å². The van der Waals surface area contributed by atoms with Crippen molar-refractivity contribution in [1.29, 1.82) is 0 Å². The molecule has 1 aliphatic rings. The van der Waals surface area contributed by atoms with Gasteiger partial charge >= 0.3 is 0 Å². The zero-order chi connectivity index (χ0) is 22.8. The third kappa shape index (κ3) is 4.12. The molecule has 5 rings (SSSR count). The number of fused-ring (bicyclic) bond motifs is 1. The molecule has 1 amide bonds. The van der Waals surface area contributed by atoms with Crippen molar-refractivity contribution in [3.8, 4) is 17.0 Å². The molecule has 3 aromatic carbocycles. The molecule has 4 aromatic rings. The van der Waals surface area contributed by atoms with Crippen LogP contribution in [0.1, 0.15) is 10.4 Å². The van der Waals surface area contributed by atoms with Crippen molar-refractivity contribution in [2.24, 2.45) is 0 Å². The molecule has 0 aliphatic carbocycles. The van der Waals surface area contributed by atoms with Crippen LogP contribution in [0.25, 0.3) is 22.2 Å². The van der Waals surface area contributed by atoms with Gasteiger partial charge in [-0.1, -0.05) is 30.3 Å². The van der Waals surface area contributed by atoms with E-state index in [4.69, 9.17) is 4.74 Å². The number of hydrogen-bond donors (Lipinski definition) is 0. The van der Waals surface area contributed by atoms with Crippen LogP contribution in [0, 0.1) is 5.82 Å². The van der Waals surface area contributed by atoms with Crippen molar-refractivity contribution in [1.82, 2.24) is 9.88 Å². The number of carbonyl (C=O) groups is 1. The molecule has 0 saturated carbocycles. The Hall–Kier alpha value is -3.93. The molecule has 1 aromatic heterocycles. The number of methoxy groups -OCH3 is 1. The monoisotopic (exact) mass is 441 g/mol. The van der Waals surface area contributed by atoms with E-state index in [1.54, 1.807) is 31.4 Å². The number of para-hydroxylation sites is 1. The number of anilines is 1. The van der Waals surface area contributed by atoms with Gasteiger partial charge in [0, 0.05) is 42.8 Å². The van der Waals surface area contributed by atoms with E-state index < -0.39 is 0 Å². The first-order valence-electron chi connectivity index (χ1n) is 11.0. The summed E-state index contributed by atoms with van der Waals surface area (Å²) in [6, 6.07) is 23.7. The van der Waals surface area contributed by atoms with Crippen LogP contribution in [-0.2, 0) is 0 Å². The third-order valence-corrected chi connectivity index (χ3v) is 6.10. The molecule has 0 atom stereocenters. The Morgan fingerprint density at radius 2 is 1.61 bits per heavy atom. The van der Waals surface area contributed by atoms with Gasteiger partial charge in [-0.15, -0.1) is 0 Å². The van der Waals surface area contributed by atoms with Gasteiger partial charge < -0.3 is 14.5 Å². The third-order valence-electron chi connectivity index (χ3n) is 6.10. The zero-order valence-corrected chi connectivity index (χ0v) is 18.4. The van der Waals surface area contributed by atoms with E-state index in [2.05, 4.69) is 9.88 Å². The highest BCUT2D eigenvalue weighted by atomic mass is 19.1. The Balaban J connectivity index is 1.42. The van der Waals surface area contributed by atoms with Gasteiger partial charge in [-0.05, 0) is 48.5 Å². The molecule has 0 radical (unpaired) electrons. The standard InChI is InChI=1S/C27H24FN3O2/c1-33-20-12-10-19(11-13-20)30-14-16-31(17-15-30)27(32)23-18-26(22-7-2-4-8-24(22)28)29-25-9-5-3-6-21(23)25/h2-13,18H,14-17H2,1H3. The number of piperazine rings is 1. The van der Waals surface area contributed by atoms with Crippen LogP contribution in [0.2, 0.25) is 0 Å². The van der Waals surface area contributed by atoms with Crippen molar-refractivity contribution in [2.45, 2.75) is 0 Å². The molecule has 1 saturated heterocycles. The van der Waals surface area contributed by atoms with Gasteiger partial charge in [-0.2, -0.15) is 0 Å². The molecule has 166 valence electrons. The van der Waals surface area contributed by atoms with E-state index in [-0.39, 0.29) is 11.7 Å². The minimum atomic E-state index is -0.355. The van der Waals surface area contributed by atoms with Crippen LogP contribution in [0.5, 0.6) is 5.75 Å². The molecule has 0 unspecified atom stereocenters. The summed E-state index contributed by atoms with van der Waals surface area (Å²) >= 11 is 0. The molecule has 1 aliphatic heterocycles. The van der Waals surface area contributed by atoms with Crippen molar-refractivity contribution < 1.29 is 13.9 Å². The van der Waals surface area contributed by atoms with Gasteiger partial charge in [0.2, 0.25) is 0 Å². The second kappa shape index (κ2) is 8.90. The zero-order valence-electron chi connectivity index (χ0n) is 18.4. The Labute approximate surface area is 192 Å². The van der Waals surface area contributed by atoms with E-state index in [9.17, 15) is 9.18 Å². The predicted octanol–water partition coefficient (Wildman–Crippen LogP) is 5.01. The maximum absolute atomic E-state index is 14.5. The van der Waals surface area contributed by atoms with Gasteiger partial charge in [0.05, 0.1) is 23.9 Å². The van der Waals surface area contributed by atoms with E-state index in [1.165, 1.54) is 6.07 Å². The Kier molecular flexibility index (Phi) is 5.65. The lowest BCUT2D eigenvalue weighted by molar-refractivity contribution is 0.0748. The number of hydrogen-bond acceptors (Lipinski definition) is 4. The second-order valence-corrected chi connectivity index (χ2v) is 8.03. The highest BCUT2D eigenvalue weighted by molar-refractivity contribution is 6.07. The lowest BCUT2D eigenvalue weighted by Crippen LogP contribution is -2.48. The molecule has 1 fully saturated rings. The van der Waals surface area contributed by atoms with E-state index in [0.717, 1.165) is 29.9 Å². The summed E-state index contributed by atoms with van der Waals surface area (Å²) in [5, 5.41) is 0.778. The number of aromatic nitrogens is 1. The van der Waals surface area contributed by atoms with Gasteiger partial charge in [-0.3, -0.25) is 4.79 Å². The van der Waals surface area contributed by atoms with Crippen molar-refractivity contribution >= 4 is 22.5 Å². The Bertz CT molecular complexity index is 1300. The van der Waals surface area contributed by atoms with Crippen LogP contribution >= 0.6 is 0 Å². The van der Waals surface area contributed by atoms with Crippen LogP contribution in [0.15, 0.2) is 78.9 Å². The van der Waals surface area contributed by atoms with Crippen LogP contribution in [0.3, 0.4) is 0 Å². The average Bonchev–Trinajstić information content (AvgIpc) is 2.88. The number of pyridine rings is 1. The maximum Gasteiger partial charge on any atom is 0.254 e. The second-order valence-electron chi connectivity index (χ2n) is 8.03. The number of nitrogens with zero attached hydrogens (tertiary/aromatic N) is 3. The first kappa shape index (κ1) is 20.9. The van der Waals surface area contributed by atoms with Gasteiger partial charge in [0.15, 0.2) is 0 Å². The molecule has 5 nitrogen and oxygen atoms in total. The first-order valence-corrected chi connectivity index (χ1v) is 11.0. The van der Waals surface area contributed by atoms with Gasteiger partial charge in [0.1, 0.15) is 11.6 Å². The molecule has 2 heterocycles. The Morgan fingerprint density at radius 3 is 2.33 bits per heavy atom. The first-order chi connectivity index (χ1) is 16.1. The van der Waals surface area contributed by atoms with Crippen LogP contribution in [-0.4, -0.2) is 49.1 Å². The number of ether oxygens (including phenoxy) is 1. The number of benzene rings is 3. The fourth-order valence-electron chi connectivity index (χ4n) is 4.29. The summed E-state index contributed by atoms with van der Waals surface area (Å²) < 4.78 is 19.7. The Morgan fingerprint density at radius 1 is 0.909 bits per heavy atom. The largest absolute Gasteiger partial charge is 0.497 e. The summed E-state index contributed by atoms with van der Waals surface area (Å²) in [5.74, 6) is 0.412. The average molecular weight is 442 g/mol. The normalized spacial score (nSPS) is 13.9. The smallest absolute Gasteiger partial charge is 0.254 e. The molecular formula is C27H24FN3O2. The van der Waals surface area contributed by atoms with Crippen molar-refractivity contribution in [3.05, 3.63) is 90.2 Å². The van der Waals surface area contributed by atoms with Crippen LogP contribution in [0.4, 0.5) is 10.1 Å². The molecular weight excluding hydrogens is 417 g/mol. The maximum atomic E-state index is 14.5. The van der Waals surface area contributed by atoms with Crippen molar-refractivity contribution in [3.63, 3.8) is 0 Å². The quantitative estimate of drug-likeness (QED) is 0.447. The van der Waals surface area contributed by atoms with E-state index in [0.29, 0.717) is 35.4 Å². The molecule has 33 heavy (non-hydrogen) atoms. The molecule has 6 heteroatoms. The number of carbonyl (C=O) groups excluding carboxylic acids is 1. The molecule has 0 spiro atoms. The number of rotatable bonds is 4. The lowest BCUT2D eigenvalue weighted by atomic mass is 10.0. The topological polar surface area (TPSA) is 45.7 Å². The SMILES string of the molecule is COc1ccc(N2CCN(C(=O)c3cc(-c4ccccc4F)nc4ccccc34)CC2)cc1. The minimum Gasteiger partial charge on any atom is -0.497 e. The number of amides is 1. The van der Waals surface area contributed by atoms with Crippen molar-refractivity contribution in [2.75, 3.05) is 38.2 Å². The predicted molar refractivity (Wildman–Crippen MR) is 128 cm³/mol. The summed E-state index contributed by atoms with van der Waals surface area (Å²) in [4.78, 5) is 22.3. The molecule has 0 N–H and O–H groups in total. The fraction of sp³-hybridized carbons (Fsp3) is 0.185. The highest BCUT2D eigenvalue weighted by Crippen LogP contribution is 2.28. The number of halogens is 1. The summed E-state index contributed by atoms with van der Waals surface area (Å²) in [6.45, 7) is 2.69. The lowest BCUT2D eigenvalue weighted by Gasteiger charge is -2.36. The van der Waals surface area contributed by atoms with Crippen LogP contribution < -0.4 is 9.64 Å². The van der Waals surface area contributed by atoms with E-state index >= 15 is 0 Å². The van der Waals surface area contributed by atoms with Gasteiger partial charge in [-0.25, -0.2) is 9.37 Å². The van der Waals surface area contributed by atoms with Gasteiger partial charge in [0.25, 0.3) is 5.91 Å². The summed E-state index contributed by atoms with van der Waals surface area (Å²) in [7, 11) is 1.65. The fourth-order valence-corrected chi connectivity index (χ4v) is 4.29. The highest BCUT2D eigenvalue weighted by Gasteiger charge is 2.25.